The molecule has 206 valence electrons. The summed E-state index contributed by atoms with van der Waals surface area (Å²) in [5.41, 5.74) is 5.66. The second-order valence-corrected chi connectivity index (χ2v) is 11.7. The van der Waals surface area contributed by atoms with E-state index in [4.69, 9.17) is 16.3 Å². The molecule has 0 radical (unpaired) electrons. The van der Waals surface area contributed by atoms with Gasteiger partial charge < -0.3 is 19.9 Å². The highest BCUT2D eigenvalue weighted by Gasteiger charge is 2.26. The lowest BCUT2D eigenvalue weighted by Gasteiger charge is -2.34. The summed E-state index contributed by atoms with van der Waals surface area (Å²) < 4.78 is 6.43. The Morgan fingerprint density at radius 3 is 2.58 bits per heavy atom. The second-order valence-electron chi connectivity index (χ2n) is 10.2. The van der Waals surface area contributed by atoms with Crippen molar-refractivity contribution in [3.63, 3.8) is 0 Å². The van der Waals surface area contributed by atoms with Gasteiger partial charge in [-0.05, 0) is 78.4 Å². The molecular weight excluding hydrogens is 546 g/mol. The number of nitrogens with zero attached hydrogens (tertiary/aromatic N) is 4. The first-order valence-electron chi connectivity index (χ1n) is 13.5. The van der Waals surface area contributed by atoms with Crippen LogP contribution in [-0.4, -0.2) is 54.1 Å². The fraction of sp³-hybridized carbons (Fsp3) is 0.333. The van der Waals surface area contributed by atoms with Crippen molar-refractivity contribution in [3.05, 3.63) is 69.8 Å². The van der Waals surface area contributed by atoms with Crippen LogP contribution in [0.1, 0.15) is 41.1 Å². The zero-order chi connectivity index (χ0) is 27.8. The smallest absolute Gasteiger partial charge is 0.251 e. The molecule has 0 aliphatic carbocycles. The minimum Gasteiger partial charge on any atom is -0.378 e. The molecule has 2 aliphatic heterocycles. The van der Waals surface area contributed by atoms with E-state index >= 15 is 0 Å². The van der Waals surface area contributed by atoms with E-state index in [1.54, 1.807) is 18.3 Å². The summed E-state index contributed by atoms with van der Waals surface area (Å²) in [5.74, 6) is 0.752. The van der Waals surface area contributed by atoms with Crippen molar-refractivity contribution in [2.45, 2.75) is 39.3 Å². The summed E-state index contributed by atoms with van der Waals surface area (Å²) in [7, 11) is 0. The molecule has 0 unspecified atom stereocenters. The lowest BCUT2D eigenvalue weighted by Crippen LogP contribution is -2.40. The van der Waals surface area contributed by atoms with E-state index in [0.29, 0.717) is 25.3 Å². The third-order valence-corrected chi connectivity index (χ3v) is 8.83. The summed E-state index contributed by atoms with van der Waals surface area (Å²) in [4.78, 5) is 39.1. The summed E-state index contributed by atoms with van der Waals surface area (Å²) in [5, 5.41) is 3.24. The zero-order valence-electron chi connectivity index (χ0n) is 22.4. The lowest BCUT2D eigenvalue weighted by molar-refractivity contribution is -0.117. The van der Waals surface area contributed by atoms with Crippen LogP contribution in [0, 0.1) is 0 Å². The molecule has 1 atom stereocenters. The average molecular weight is 576 g/mol. The van der Waals surface area contributed by atoms with Gasteiger partial charge in [0.2, 0.25) is 11.2 Å². The van der Waals surface area contributed by atoms with Gasteiger partial charge in [-0.1, -0.05) is 18.2 Å². The van der Waals surface area contributed by atoms with E-state index in [0.717, 1.165) is 63.7 Å². The molecule has 6 rings (SSSR count). The Morgan fingerprint density at radius 1 is 1.07 bits per heavy atom. The van der Waals surface area contributed by atoms with Crippen LogP contribution >= 0.6 is 22.9 Å². The van der Waals surface area contributed by atoms with E-state index in [9.17, 15) is 9.59 Å². The van der Waals surface area contributed by atoms with Gasteiger partial charge in [0.05, 0.1) is 30.0 Å². The van der Waals surface area contributed by atoms with Crippen molar-refractivity contribution >= 4 is 56.5 Å². The highest BCUT2D eigenvalue weighted by molar-refractivity contribution is 7.19. The van der Waals surface area contributed by atoms with Crippen LogP contribution in [0.15, 0.2) is 48.5 Å². The normalized spacial score (nSPS) is 17.1. The van der Waals surface area contributed by atoms with Crippen LogP contribution in [-0.2, 0) is 22.5 Å². The Bertz CT molecular complexity index is 1580. The van der Waals surface area contributed by atoms with Crippen LogP contribution in [0.5, 0.6) is 0 Å². The topological polar surface area (TPSA) is 87.7 Å². The first kappa shape index (κ1) is 26.7. The van der Waals surface area contributed by atoms with Crippen LogP contribution in [0.4, 0.5) is 11.5 Å². The Kier molecular flexibility index (Phi) is 7.44. The molecule has 40 heavy (non-hydrogen) atoms. The Hall–Kier alpha value is -3.53. The number of amides is 2. The molecule has 1 saturated heterocycles. The number of carbonyl (C=O) groups is 2. The van der Waals surface area contributed by atoms with Crippen molar-refractivity contribution in [2.24, 2.45) is 0 Å². The maximum atomic E-state index is 13.0. The predicted octanol–water partition coefficient (Wildman–Crippen LogP) is 5.47. The number of aromatic nitrogens is 2. The van der Waals surface area contributed by atoms with E-state index in [-0.39, 0.29) is 23.1 Å². The number of thiophene rings is 1. The summed E-state index contributed by atoms with van der Waals surface area (Å²) >= 11 is 7.79. The van der Waals surface area contributed by atoms with Gasteiger partial charge in [0, 0.05) is 42.2 Å². The van der Waals surface area contributed by atoms with Crippen LogP contribution in [0.2, 0.25) is 5.28 Å². The number of rotatable bonds is 5. The van der Waals surface area contributed by atoms with Gasteiger partial charge in [0.15, 0.2) is 5.82 Å². The summed E-state index contributed by atoms with van der Waals surface area (Å²) in [6.45, 7) is 6.91. The number of anilines is 2. The second kappa shape index (κ2) is 11.2. The van der Waals surface area contributed by atoms with Crippen molar-refractivity contribution < 1.29 is 14.3 Å². The summed E-state index contributed by atoms with van der Waals surface area (Å²) in [6, 6.07) is 16.0. The molecule has 1 fully saturated rings. The highest BCUT2D eigenvalue weighted by atomic mass is 35.5. The number of carbonyl (C=O) groups excluding carboxylic acids is 2. The average Bonchev–Trinajstić information content (AvgIpc) is 3.38. The quantitative estimate of drug-likeness (QED) is 0.318. The number of fused-ring (bicyclic) bond motifs is 2. The predicted molar refractivity (Wildman–Crippen MR) is 159 cm³/mol. The van der Waals surface area contributed by atoms with Gasteiger partial charge in [-0.15, -0.1) is 11.3 Å². The Labute approximate surface area is 241 Å². The number of ether oxygens (including phenoxy) is 1. The number of morpholine rings is 1. The van der Waals surface area contributed by atoms with E-state index in [2.05, 4.69) is 33.2 Å². The van der Waals surface area contributed by atoms with Crippen LogP contribution < -0.4 is 15.1 Å². The molecular formula is C30H30ClN5O3S. The molecule has 2 aliphatic rings. The standard InChI is InChI=1S/C30H30ClN5O3S/c1-18-3-4-23-15-22(9-10-26(23)36(18)19(2)37)20-5-7-21(8-6-20)29(38)32-17-24-16-25-27(40-24)28(34-30(31)33-25)35-11-13-39-14-12-35/h5-10,15-16,18H,3-4,11-14,17H2,1-2H3,(H,32,38)/t18-/m0/s1. The van der Waals surface area contributed by atoms with Gasteiger partial charge in [-0.3, -0.25) is 9.59 Å². The molecule has 4 aromatic rings. The van der Waals surface area contributed by atoms with E-state index < -0.39 is 0 Å². The van der Waals surface area contributed by atoms with Gasteiger partial charge >= 0.3 is 0 Å². The molecule has 2 aromatic heterocycles. The fourth-order valence-electron chi connectivity index (χ4n) is 5.51. The number of hydrogen-bond donors (Lipinski definition) is 1. The number of hydrogen-bond acceptors (Lipinski definition) is 7. The monoisotopic (exact) mass is 575 g/mol. The summed E-state index contributed by atoms with van der Waals surface area (Å²) in [6.07, 6.45) is 1.89. The lowest BCUT2D eigenvalue weighted by atomic mass is 9.93. The number of aryl methyl sites for hydroxylation is 1. The Morgan fingerprint density at radius 2 is 1.82 bits per heavy atom. The number of benzene rings is 2. The SMILES string of the molecule is CC(=O)N1c2ccc(-c3ccc(C(=O)NCc4cc5nc(Cl)nc(N6CCOCC6)c5s4)cc3)cc2CC[C@@H]1C. The first-order chi connectivity index (χ1) is 19.4. The molecule has 10 heteroatoms. The molecule has 0 saturated carbocycles. The Balaban J connectivity index is 1.14. The molecule has 1 N–H and O–H groups in total. The van der Waals surface area contributed by atoms with Crippen LogP contribution in [0.3, 0.4) is 0 Å². The molecule has 0 bridgehead atoms. The largest absolute Gasteiger partial charge is 0.378 e. The van der Waals surface area contributed by atoms with Crippen molar-refractivity contribution in [1.82, 2.24) is 15.3 Å². The van der Waals surface area contributed by atoms with E-state index in [1.807, 2.05) is 47.4 Å². The van der Waals surface area contributed by atoms with Crippen molar-refractivity contribution in [3.8, 4) is 11.1 Å². The number of nitrogens with one attached hydrogen (secondary N) is 1. The molecule has 0 spiro atoms. The third-order valence-electron chi connectivity index (χ3n) is 7.54. The zero-order valence-corrected chi connectivity index (χ0v) is 24.0. The first-order valence-corrected chi connectivity index (χ1v) is 14.7. The molecule has 8 nitrogen and oxygen atoms in total. The number of halogens is 1. The van der Waals surface area contributed by atoms with Gasteiger partial charge in [0.1, 0.15) is 0 Å². The minimum absolute atomic E-state index is 0.0708. The third kappa shape index (κ3) is 5.29. The fourth-order valence-corrected chi connectivity index (χ4v) is 6.73. The van der Waals surface area contributed by atoms with Gasteiger partial charge in [-0.2, -0.15) is 4.98 Å². The molecule has 4 heterocycles. The van der Waals surface area contributed by atoms with Crippen LogP contribution in [0.25, 0.3) is 21.3 Å². The van der Waals surface area contributed by atoms with Crippen molar-refractivity contribution in [1.29, 1.82) is 0 Å². The maximum absolute atomic E-state index is 13.0. The van der Waals surface area contributed by atoms with E-state index in [1.165, 1.54) is 5.56 Å². The van der Waals surface area contributed by atoms with Crippen molar-refractivity contribution in [2.75, 3.05) is 36.1 Å². The minimum atomic E-state index is -0.141. The molecule has 2 aromatic carbocycles. The van der Waals surface area contributed by atoms with Gasteiger partial charge in [0.25, 0.3) is 5.91 Å². The van der Waals surface area contributed by atoms with Gasteiger partial charge in [-0.25, -0.2) is 4.98 Å². The highest BCUT2D eigenvalue weighted by Crippen LogP contribution is 2.35. The maximum Gasteiger partial charge on any atom is 0.251 e. The molecule has 2 amide bonds.